The van der Waals surface area contributed by atoms with Crippen molar-refractivity contribution in [3.8, 4) is 5.75 Å². The number of hydrogen-bond acceptors (Lipinski definition) is 3. The molecule has 4 nitrogen and oxygen atoms in total. The first-order valence-corrected chi connectivity index (χ1v) is 7.60. The predicted octanol–water partition coefficient (Wildman–Crippen LogP) is 3.54. The molecule has 114 valence electrons. The quantitative estimate of drug-likeness (QED) is 0.654. The van der Waals surface area contributed by atoms with Gasteiger partial charge in [0.15, 0.2) is 0 Å². The molecular formula is C17H17BrN2O2. The Hall–Kier alpha value is -2.14. The van der Waals surface area contributed by atoms with Crippen molar-refractivity contribution in [1.82, 2.24) is 5.43 Å². The summed E-state index contributed by atoms with van der Waals surface area (Å²) in [5.74, 6) is 0.644. The van der Waals surface area contributed by atoms with Crippen LogP contribution in [0.5, 0.6) is 5.75 Å². The molecule has 1 N–H and O–H groups in total. The lowest BCUT2D eigenvalue weighted by atomic mass is 10.1. The van der Waals surface area contributed by atoms with Crippen molar-refractivity contribution in [3.05, 3.63) is 64.1 Å². The molecule has 0 atom stereocenters. The van der Waals surface area contributed by atoms with Gasteiger partial charge in [0.05, 0.1) is 19.2 Å². The minimum atomic E-state index is -0.143. The van der Waals surface area contributed by atoms with Crippen molar-refractivity contribution in [1.29, 1.82) is 0 Å². The van der Waals surface area contributed by atoms with Crippen LogP contribution in [0.3, 0.4) is 0 Å². The Morgan fingerprint density at radius 2 is 1.77 bits per heavy atom. The van der Waals surface area contributed by atoms with E-state index in [0.29, 0.717) is 6.42 Å². The van der Waals surface area contributed by atoms with Crippen molar-refractivity contribution >= 4 is 27.5 Å². The van der Waals surface area contributed by atoms with Gasteiger partial charge in [-0.15, -0.1) is 0 Å². The van der Waals surface area contributed by atoms with Crippen molar-refractivity contribution in [2.75, 3.05) is 7.11 Å². The molecule has 0 aliphatic rings. The molecule has 0 heterocycles. The molecule has 2 aromatic carbocycles. The number of benzene rings is 2. The summed E-state index contributed by atoms with van der Waals surface area (Å²) in [4.78, 5) is 11.9. The minimum absolute atomic E-state index is 0.143. The summed E-state index contributed by atoms with van der Waals surface area (Å²) in [5.41, 5.74) is 5.20. The second-order valence-electron chi connectivity index (χ2n) is 4.76. The second-order valence-corrected chi connectivity index (χ2v) is 5.68. The average molecular weight is 361 g/mol. The SMILES string of the molecule is COc1ccc(/C(C)=N/NC(=O)Cc2ccc(Br)cc2)cc1. The fourth-order valence-electron chi connectivity index (χ4n) is 1.87. The van der Waals surface area contributed by atoms with Gasteiger partial charge >= 0.3 is 0 Å². The average Bonchev–Trinajstić information content (AvgIpc) is 2.55. The van der Waals surface area contributed by atoms with Gasteiger partial charge in [-0.25, -0.2) is 5.43 Å². The number of carbonyl (C=O) groups is 1. The van der Waals surface area contributed by atoms with Gasteiger partial charge in [0.2, 0.25) is 5.91 Å². The lowest BCUT2D eigenvalue weighted by molar-refractivity contribution is -0.120. The van der Waals surface area contributed by atoms with Crippen LogP contribution in [-0.2, 0) is 11.2 Å². The lowest BCUT2D eigenvalue weighted by Crippen LogP contribution is -2.21. The monoisotopic (exact) mass is 360 g/mol. The summed E-state index contributed by atoms with van der Waals surface area (Å²) in [6.45, 7) is 1.85. The van der Waals surface area contributed by atoms with Crippen LogP contribution in [0.1, 0.15) is 18.1 Å². The number of hydrogen-bond donors (Lipinski definition) is 1. The van der Waals surface area contributed by atoms with E-state index in [1.54, 1.807) is 7.11 Å². The van der Waals surface area contributed by atoms with Gasteiger partial charge in [-0.1, -0.05) is 28.1 Å². The molecule has 0 fully saturated rings. The van der Waals surface area contributed by atoms with Gasteiger partial charge < -0.3 is 4.74 Å². The highest BCUT2D eigenvalue weighted by atomic mass is 79.9. The van der Waals surface area contributed by atoms with Crippen molar-refractivity contribution in [2.24, 2.45) is 5.10 Å². The molecule has 5 heteroatoms. The van der Waals surface area contributed by atoms with E-state index in [9.17, 15) is 4.79 Å². The molecule has 2 aromatic rings. The summed E-state index contributed by atoms with van der Waals surface area (Å²) in [5, 5.41) is 4.13. The lowest BCUT2D eigenvalue weighted by Gasteiger charge is -2.05. The van der Waals surface area contributed by atoms with E-state index in [2.05, 4.69) is 26.5 Å². The highest BCUT2D eigenvalue weighted by Gasteiger charge is 2.03. The third-order valence-electron chi connectivity index (χ3n) is 3.13. The Bertz CT molecular complexity index is 664. The first-order chi connectivity index (χ1) is 10.6. The van der Waals surface area contributed by atoms with Gasteiger partial charge in [0.25, 0.3) is 0 Å². The van der Waals surface area contributed by atoms with E-state index in [1.165, 1.54) is 0 Å². The summed E-state index contributed by atoms with van der Waals surface area (Å²) in [6, 6.07) is 15.2. The van der Waals surface area contributed by atoms with Gasteiger partial charge in [0.1, 0.15) is 5.75 Å². The van der Waals surface area contributed by atoms with Gasteiger partial charge in [0, 0.05) is 4.47 Å². The maximum atomic E-state index is 11.9. The predicted molar refractivity (Wildman–Crippen MR) is 91.2 cm³/mol. The number of halogens is 1. The van der Waals surface area contributed by atoms with Crippen LogP contribution in [0.4, 0.5) is 0 Å². The number of methoxy groups -OCH3 is 1. The van der Waals surface area contributed by atoms with E-state index in [-0.39, 0.29) is 5.91 Å². The summed E-state index contributed by atoms with van der Waals surface area (Å²) >= 11 is 3.37. The Balaban J connectivity index is 1.94. The molecular weight excluding hydrogens is 344 g/mol. The normalized spacial score (nSPS) is 11.1. The third kappa shape index (κ3) is 4.70. The second kappa shape index (κ2) is 7.75. The van der Waals surface area contributed by atoms with Crippen LogP contribution in [0.2, 0.25) is 0 Å². The molecule has 0 saturated heterocycles. The van der Waals surface area contributed by atoms with Crippen LogP contribution in [-0.4, -0.2) is 18.7 Å². The van der Waals surface area contributed by atoms with Gasteiger partial charge in [-0.3, -0.25) is 4.79 Å². The minimum Gasteiger partial charge on any atom is -0.497 e. The van der Waals surface area contributed by atoms with Crippen LogP contribution in [0.15, 0.2) is 58.1 Å². The third-order valence-corrected chi connectivity index (χ3v) is 3.66. The summed E-state index contributed by atoms with van der Waals surface area (Å²) < 4.78 is 6.10. The maximum Gasteiger partial charge on any atom is 0.244 e. The molecule has 0 aliphatic heterocycles. The Morgan fingerprint density at radius 1 is 1.14 bits per heavy atom. The van der Waals surface area contributed by atoms with Crippen molar-refractivity contribution < 1.29 is 9.53 Å². The topological polar surface area (TPSA) is 50.7 Å². The molecule has 2 rings (SSSR count). The smallest absolute Gasteiger partial charge is 0.244 e. The number of nitrogens with zero attached hydrogens (tertiary/aromatic N) is 1. The largest absolute Gasteiger partial charge is 0.497 e. The number of hydrazone groups is 1. The summed E-state index contributed by atoms with van der Waals surface area (Å²) in [7, 11) is 1.62. The Morgan fingerprint density at radius 3 is 2.36 bits per heavy atom. The fraction of sp³-hybridized carbons (Fsp3) is 0.176. The molecule has 0 radical (unpaired) electrons. The molecule has 0 spiro atoms. The van der Waals surface area contributed by atoms with Crippen molar-refractivity contribution in [2.45, 2.75) is 13.3 Å². The molecule has 0 saturated carbocycles. The highest BCUT2D eigenvalue weighted by Crippen LogP contribution is 2.12. The zero-order valence-corrected chi connectivity index (χ0v) is 14.1. The number of ether oxygens (including phenoxy) is 1. The molecule has 1 amide bonds. The zero-order chi connectivity index (χ0) is 15.9. The first kappa shape index (κ1) is 16.2. The standard InChI is InChI=1S/C17H17BrN2O2/c1-12(14-5-9-16(22-2)10-6-14)19-20-17(21)11-13-3-7-15(18)8-4-13/h3-10H,11H2,1-2H3,(H,20,21)/b19-12+. The number of nitrogens with one attached hydrogen (secondary N) is 1. The summed E-state index contributed by atoms with van der Waals surface area (Å²) in [6.07, 6.45) is 0.298. The van der Waals surface area contributed by atoms with E-state index in [1.807, 2.05) is 55.5 Å². The van der Waals surface area contributed by atoms with E-state index in [0.717, 1.165) is 27.1 Å². The molecule has 0 aromatic heterocycles. The Labute approximate surface area is 138 Å². The van der Waals surface area contributed by atoms with Crippen LogP contribution in [0, 0.1) is 0 Å². The van der Waals surface area contributed by atoms with Crippen LogP contribution in [0.25, 0.3) is 0 Å². The Kier molecular flexibility index (Phi) is 5.72. The van der Waals surface area contributed by atoms with E-state index < -0.39 is 0 Å². The number of amides is 1. The highest BCUT2D eigenvalue weighted by molar-refractivity contribution is 9.10. The van der Waals surface area contributed by atoms with E-state index >= 15 is 0 Å². The zero-order valence-electron chi connectivity index (χ0n) is 12.5. The molecule has 0 unspecified atom stereocenters. The molecule has 0 bridgehead atoms. The van der Waals surface area contributed by atoms with Gasteiger partial charge in [-0.05, 0) is 54.4 Å². The molecule has 22 heavy (non-hydrogen) atoms. The van der Waals surface area contributed by atoms with Crippen LogP contribution >= 0.6 is 15.9 Å². The van der Waals surface area contributed by atoms with Crippen molar-refractivity contribution in [3.63, 3.8) is 0 Å². The van der Waals surface area contributed by atoms with Gasteiger partial charge in [-0.2, -0.15) is 5.10 Å². The number of rotatable bonds is 5. The van der Waals surface area contributed by atoms with E-state index in [4.69, 9.17) is 4.74 Å². The molecule has 0 aliphatic carbocycles. The maximum absolute atomic E-state index is 11.9. The first-order valence-electron chi connectivity index (χ1n) is 6.80. The number of carbonyl (C=O) groups excluding carboxylic acids is 1. The fourth-order valence-corrected chi connectivity index (χ4v) is 2.13. The van der Waals surface area contributed by atoms with Crippen LogP contribution < -0.4 is 10.2 Å².